The quantitative estimate of drug-likeness (QED) is 0.297. The SMILES string of the molecule is CCOc1ccc(NC(=O)N2CCC(Nc3nc(NC4CCC(N)CC4)nc4c3ncn4C3CCCC3)CC2)cc1. The van der Waals surface area contributed by atoms with Crippen LogP contribution in [0.1, 0.15) is 77.2 Å². The molecule has 0 unspecified atom stereocenters. The van der Waals surface area contributed by atoms with Crippen molar-refractivity contribution in [3.63, 3.8) is 0 Å². The Hall–Kier alpha value is -3.60. The lowest BCUT2D eigenvalue weighted by Crippen LogP contribution is -2.44. The Bertz CT molecular complexity index is 1310. The summed E-state index contributed by atoms with van der Waals surface area (Å²) in [6.45, 7) is 3.90. The van der Waals surface area contributed by atoms with E-state index >= 15 is 0 Å². The van der Waals surface area contributed by atoms with Crippen LogP contribution in [0.2, 0.25) is 0 Å². The fourth-order valence-corrected chi connectivity index (χ4v) is 6.40. The van der Waals surface area contributed by atoms with Crippen LogP contribution in [0.5, 0.6) is 5.75 Å². The number of amides is 2. The smallest absolute Gasteiger partial charge is 0.321 e. The molecule has 2 aromatic heterocycles. The van der Waals surface area contributed by atoms with Crippen LogP contribution >= 0.6 is 0 Å². The van der Waals surface area contributed by atoms with E-state index in [0.717, 1.165) is 66.9 Å². The first kappa shape index (κ1) is 27.6. The zero-order valence-electron chi connectivity index (χ0n) is 24.0. The highest BCUT2D eigenvalue weighted by Gasteiger charge is 2.27. The van der Waals surface area contributed by atoms with Crippen molar-refractivity contribution in [2.75, 3.05) is 35.6 Å². The molecular weight excluding hydrogens is 518 g/mol. The summed E-state index contributed by atoms with van der Waals surface area (Å²) in [5, 5.41) is 10.3. The second kappa shape index (κ2) is 12.5. The molecule has 1 saturated heterocycles. The fourth-order valence-electron chi connectivity index (χ4n) is 6.40. The van der Waals surface area contributed by atoms with Crippen LogP contribution < -0.4 is 26.4 Å². The Balaban J connectivity index is 1.12. The van der Waals surface area contributed by atoms with Crippen LogP contribution in [-0.4, -0.2) is 68.3 Å². The van der Waals surface area contributed by atoms with Crippen LogP contribution in [0.15, 0.2) is 30.6 Å². The number of anilines is 3. The van der Waals surface area contributed by atoms with Gasteiger partial charge in [-0.3, -0.25) is 0 Å². The molecular formula is C30H43N9O2. The highest BCUT2D eigenvalue weighted by molar-refractivity contribution is 5.89. The Morgan fingerprint density at radius 1 is 0.951 bits per heavy atom. The minimum Gasteiger partial charge on any atom is -0.494 e. The van der Waals surface area contributed by atoms with Crippen molar-refractivity contribution >= 4 is 34.6 Å². The largest absolute Gasteiger partial charge is 0.494 e. The van der Waals surface area contributed by atoms with Gasteiger partial charge in [-0.2, -0.15) is 9.97 Å². The van der Waals surface area contributed by atoms with Gasteiger partial charge in [0.1, 0.15) is 5.75 Å². The lowest BCUT2D eigenvalue weighted by atomic mass is 9.92. The number of hydrogen-bond donors (Lipinski definition) is 4. The maximum atomic E-state index is 12.9. The van der Waals surface area contributed by atoms with E-state index in [1.54, 1.807) is 0 Å². The molecule has 2 saturated carbocycles. The average Bonchev–Trinajstić information content (AvgIpc) is 3.66. The van der Waals surface area contributed by atoms with Gasteiger partial charge in [0.15, 0.2) is 17.0 Å². The van der Waals surface area contributed by atoms with Gasteiger partial charge in [-0.1, -0.05) is 12.8 Å². The molecule has 0 atom stereocenters. The molecule has 1 aliphatic heterocycles. The molecule has 2 aliphatic carbocycles. The summed E-state index contributed by atoms with van der Waals surface area (Å²) in [6.07, 6.45) is 12.5. The zero-order chi connectivity index (χ0) is 28.2. The minimum absolute atomic E-state index is 0.0778. The molecule has 5 N–H and O–H groups in total. The fraction of sp³-hybridized carbons (Fsp3) is 0.600. The lowest BCUT2D eigenvalue weighted by molar-refractivity contribution is 0.197. The van der Waals surface area contributed by atoms with Gasteiger partial charge in [0.2, 0.25) is 5.95 Å². The molecule has 41 heavy (non-hydrogen) atoms. The molecule has 0 bridgehead atoms. The normalized spacial score (nSPS) is 22.1. The van der Waals surface area contributed by atoms with Crippen molar-refractivity contribution in [1.82, 2.24) is 24.4 Å². The van der Waals surface area contributed by atoms with Crippen molar-refractivity contribution in [2.45, 2.75) is 95.3 Å². The predicted molar refractivity (Wildman–Crippen MR) is 162 cm³/mol. The minimum atomic E-state index is -0.0778. The molecule has 2 amide bonds. The Labute approximate surface area is 241 Å². The van der Waals surface area contributed by atoms with Crippen LogP contribution in [0, 0.1) is 0 Å². The number of fused-ring (bicyclic) bond motifs is 1. The number of nitrogens with one attached hydrogen (secondary N) is 3. The van der Waals surface area contributed by atoms with Gasteiger partial charge >= 0.3 is 6.03 Å². The Kier molecular flexibility index (Phi) is 8.41. The molecule has 11 nitrogen and oxygen atoms in total. The second-order valence-corrected chi connectivity index (χ2v) is 11.7. The maximum absolute atomic E-state index is 12.9. The van der Waals surface area contributed by atoms with Crippen LogP contribution in [0.4, 0.5) is 22.2 Å². The third kappa shape index (κ3) is 6.50. The van der Waals surface area contributed by atoms with E-state index in [9.17, 15) is 4.79 Å². The molecule has 3 aromatic rings. The van der Waals surface area contributed by atoms with Crippen LogP contribution in [-0.2, 0) is 0 Å². The number of likely N-dealkylation sites (tertiary alicyclic amines) is 1. The second-order valence-electron chi connectivity index (χ2n) is 11.7. The highest BCUT2D eigenvalue weighted by Crippen LogP contribution is 2.34. The maximum Gasteiger partial charge on any atom is 0.321 e. The van der Waals surface area contributed by atoms with E-state index in [0.29, 0.717) is 43.8 Å². The number of benzene rings is 1. The number of imidazole rings is 1. The number of piperidine rings is 1. The first-order valence-electron chi connectivity index (χ1n) is 15.4. The van der Waals surface area contributed by atoms with Gasteiger partial charge in [0, 0.05) is 42.9 Å². The molecule has 0 radical (unpaired) electrons. The van der Waals surface area contributed by atoms with E-state index in [2.05, 4.69) is 20.5 Å². The molecule has 11 heteroatoms. The number of nitrogens with zero attached hydrogens (tertiary/aromatic N) is 5. The molecule has 220 valence electrons. The first-order chi connectivity index (χ1) is 20.1. The van der Waals surface area contributed by atoms with E-state index in [-0.39, 0.29) is 12.1 Å². The van der Waals surface area contributed by atoms with E-state index in [1.165, 1.54) is 25.7 Å². The highest BCUT2D eigenvalue weighted by atomic mass is 16.5. The summed E-state index contributed by atoms with van der Waals surface area (Å²) in [7, 11) is 0. The third-order valence-corrected chi connectivity index (χ3v) is 8.78. The number of ether oxygens (including phenoxy) is 1. The van der Waals surface area contributed by atoms with Crippen molar-refractivity contribution in [3.05, 3.63) is 30.6 Å². The van der Waals surface area contributed by atoms with Crippen molar-refractivity contribution in [2.24, 2.45) is 5.73 Å². The standard InChI is InChI=1S/C30H43N9O2/c1-2-41-25-13-11-22(12-14-25)35-30(40)38-17-15-23(16-18-38)33-27-26-28(39(19-32-26)24-5-3-4-6-24)37-29(36-27)34-21-9-7-20(31)8-10-21/h11-14,19-21,23-24H,2-10,15-18,31H2,1H3,(H,35,40)(H2,33,34,36,37). The lowest BCUT2D eigenvalue weighted by Gasteiger charge is -2.32. The number of nitrogens with two attached hydrogens (primary N) is 1. The number of urea groups is 1. The van der Waals surface area contributed by atoms with E-state index in [1.807, 2.05) is 42.4 Å². The van der Waals surface area contributed by atoms with Gasteiger partial charge in [-0.05, 0) is 82.6 Å². The third-order valence-electron chi connectivity index (χ3n) is 8.78. The van der Waals surface area contributed by atoms with Crippen molar-refractivity contribution in [3.8, 4) is 5.75 Å². The Morgan fingerprint density at radius 2 is 1.66 bits per heavy atom. The summed E-state index contributed by atoms with van der Waals surface area (Å²) in [6, 6.07) is 8.68. The van der Waals surface area contributed by atoms with Gasteiger partial charge < -0.3 is 35.9 Å². The Morgan fingerprint density at radius 3 is 2.37 bits per heavy atom. The van der Waals surface area contributed by atoms with Crippen LogP contribution in [0.25, 0.3) is 11.2 Å². The van der Waals surface area contributed by atoms with Gasteiger partial charge in [0.05, 0.1) is 12.9 Å². The van der Waals surface area contributed by atoms with Crippen molar-refractivity contribution < 1.29 is 9.53 Å². The molecule has 3 heterocycles. The molecule has 1 aromatic carbocycles. The molecule has 0 spiro atoms. The van der Waals surface area contributed by atoms with E-state index < -0.39 is 0 Å². The molecule has 6 rings (SSSR count). The first-order valence-corrected chi connectivity index (χ1v) is 15.4. The average molecular weight is 562 g/mol. The predicted octanol–water partition coefficient (Wildman–Crippen LogP) is 5.13. The number of hydrogen-bond acceptors (Lipinski definition) is 8. The summed E-state index contributed by atoms with van der Waals surface area (Å²) < 4.78 is 7.75. The van der Waals surface area contributed by atoms with Gasteiger partial charge in [0.25, 0.3) is 0 Å². The number of carbonyl (C=O) groups excluding carboxylic acids is 1. The summed E-state index contributed by atoms with van der Waals surface area (Å²) >= 11 is 0. The van der Waals surface area contributed by atoms with Gasteiger partial charge in [-0.25, -0.2) is 9.78 Å². The summed E-state index contributed by atoms with van der Waals surface area (Å²) in [5.41, 5.74) is 8.62. The molecule has 3 fully saturated rings. The van der Waals surface area contributed by atoms with Crippen LogP contribution in [0.3, 0.4) is 0 Å². The number of aromatic nitrogens is 4. The topological polar surface area (TPSA) is 135 Å². The summed E-state index contributed by atoms with van der Waals surface area (Å²) in [4.78, 5) is 29.5. The van der Waals surface area contributed by atoms with Gasteiger partial charge in [-0.15, -0.1) is 0 Å². The van der Waals surface area contributed by atoms with E-state index in [4.69, 9.17) is 25.4 Å². The monoisotopic (exact) mass is 561 g/mol. The zero-order valence-corrected chi connectivity index (χ0v) is 24.0. The molecule has 3 aliphatic rings. The summed E-state index contributed by atoms with van der Waals surface area (Å²) in [5.74, 6) is 2.23. The van der Waals surface area contributed by atoms with Crippen molar-refractivity contribution in [1.29, 1.82) is 0 Å². The number of carbonyl (C=O) groups is 1. The number of rotatable bonds is 8.